The Bertz CT molecular complexity index is 762. The molecule has 0 unspecified atom stereocenters. The minimum absolute atomic E-state index is 0.120. The Morgan fingerprint density at radius 2 is 1.83 bits per heavy atom. The molecular formula is C18H22N4O2. The summed E-state index contributed by atoms with van der Waals surface area (Å²) in [7, 11) is 3.50. The van der Waals surface area contributed by atoms with Crippen molar-refractivity contribution in [1.82, 2.24) is 20.4 Å². The molecule has 126 valence electrons. The second-order valence-electron chi connectivity index (χ2n) is 6.06. The van der Waals surface area contributed by atoms with E-state index in [0.717, 1.165) is 36.8 Å². The fourth-order valence-electron chi connectivity index (χ4n) is 3.14. The number of fused-ring (bicyclic) bond motifs is 1. The topological polar surface area (TPSA) is 76.0 Å². The lowest BCUT2D eigenvalue weighted by Gasteiger charge is -2.12. The number of nitrogens with one attached hydrogen (secondary N) is 2. The van der Waals surface area contributed by atoms with Gasteiger partial charge >= 0.3 is 0 Å². The van der Waals surface area contributed by atoms with Crippen LogP contribution in [-0.4, -0.2) is 28.6 Å². The molecule has 1 heterocycles. The molecule has 0 atom stereocenters. The third-order valence-corrected chi connectivity index (χ3v) is 4.48. The Hall–Kier alpha value is -2.63. The quantitative estimate of drug-likeness (QED) is 0.896. The molecule has 24 heavy (non-hydrogen) atoms. The van der Waals surface area contributed by atoms with Crippen molar-refractivity contribution in [2.45, 2.75) is 32.2 Å². The first kappa shape index (κ1) is 16.2. The van der Waals surface area contributed by atoms with E-state index in [1.54, 1.807) is 19.2 Å². The molecule has 1 aliphatic carbocycles. The Balaban J connectivity index is 1.67. The van der Waals surface area contributed by atoms with Gasteiger partial charge in [0.25, 0.3) is 11.8 Å². The number of aryl methyl sites for hydroxylation is 1. The van der Waals surface area contributed by atoms with Gasteiger partial charge in [-0.2, -0.15) is 5.10 Å². The summed E-state index contributed by atoms with van der Waals surface area (Å²) in [4.78, 5) is 24.0. The molecule has 1 aromatic carbocycles. The fraction of sp³-hybridized carbons (Fsp3) is 0.389. The van der Waals surface area contributed by atoms with Gasteiger partial charge in [0.15, 0.2) is 5.69 Å². The highest BCUT2D eigenvalue weighted by Gasteiger charge is 2.23. The minimum atomic E-state index is -0.135. The number of aromatic nitrogens is 2. The first-order valence-corrected chi connectivity index (χ1v) is 8.24. The van der Waals surface area contributed by atoms with Crippen molar-refractivity contribution >= 4 is 11.8 Å². The van der Waals surface area contributed by atoms with Crippen molar-refractivity contribution in [3.63, 3.8) is 0 Å². The molecule has 2 aromatic rings. The van der Waals surface area contributed by atoms with Crippen LogP contribution in [0.5, 0.6) is 0 Å². The van der Waals surface area contributed by atoms with Gasteiger partial charge in [0.1, 0.15) is 0 Å². The SMILES string of the molecule is CNC(=O)c1ccc(CNC(=O)c2nn(C)c3c2CCCC3)cc1. The zero-order valence-corrected chi connectivity index (χ0v) is 14.1. The van der Waals surface area contributed by atoms with Gasteiger partial charge in [-0.05, 0) is 43.4 Å². The fourth-order valence-corrected chi connectivity index (χ4v) is 3.14. The van der Waals surface area contributed by atoms with Crippen LogP contribution in [-0.2, 0) is 26.4 Å². The molecule has 2 amide bonds. The van der Waals surface area contributed by atoms with Gasteiger partial charge in [0.05, 0.1) is 0 Å². The molecule has 0 saturated carbocycles. The Kier molecular flexibility index (Phi) is 4.64. The summed E-state index contributed by atoms with van der Waals surface area (Å²) in [5, 5.41) is 9.92. The molecule has 6 heteroatoms. The van der Waals surface area contributed by atoms with Gasteiger partial charge in [-0.1, -0.05) is 12.1 Å². The number of benzene rings is 1. The van der Waals surface area contributed by atoms with E-state index in [2.05, 4.69) is 15.7 Å². The molecule has 0 aliphatic heterocycles. The first-order valence-electron chi connectivity index (χ1n) is 8.24. The van der Waals surface area contributed by atoms with Crippen LogP contribution in [0.3, 0.4) is 0 Å². The molecule has 3 rings (SSSR count). The van der Waals surface area contributed by atoms with E-state index in [1.807, 2.05) is 23.9 Å². The average molecular weight is 326 g/mol. The molecule has 1 aliphatic rings. The highest BCUT2D eigenvalue weighted by atomic mass is 16.2. The van der Waals surface area contributed by atoms with Crippen LogP contribution in [0.4, 0.5) is 0 Å². The number of hydrogen-bond acceptors (Lipinski definition) is 3. The van der Waals surface area contributed by atoms with Crippen LogP contribution >= 0.6 is 0 Å². The van der Waals surface area contributed by atoms with Crippen molar-refractivity contribution < 1.29 is 9.59 Å². The first-order chi connectivity index (χ1) is 11.6. The van der Waals surface area contributed by atoms with E-state index in [0.29, 0.717) is 17.8 Å². The highest BCUT2D eigenvalue weighted by molar-refractivity contribution is 5.94. The van der Waals surface area contributed by atoms with Gasteiger partial charge in [-0.25, -0.2) is 0 Å². The van der Waals surface area contributed by atoms with Crippen molar-refractivity contribution in [3.8, 4) is 0 Å². The van der Waals surface area contributed by atoms with Crippen LogP contribution in [0.2, 0.25) is 0 Å². The summed E-state index contributed by atoms with van der Waals surface area (Å²) in [5.41, 5.74) is 4.37. The van der Waals surface area contributed by atoms with Crippen LogP contribution in [0, 0.1) is 0 Å². The lowest BCUT2D eigenvalue weighted by Crippen LogP contribution is -2.25. The van der Waals surface area contributed by atoms with Crippen LogP contribution < -0.4 is 10.6 Å². The molecule has 0 fully saturated rings. The predicted molar refractivity (Wildman–Crippen MR) is 90.9 cm³/mol. The lowest BCUT2D eigenvalue weighted by atomic mass is 9.95. The standard InChI is InChI=1S/C18H22N4O2/c1-19-17(23)13-9-7-12(8-10-13)11-20-18(24)16-14-5-3-4-6-15(14)22(2)21-16/h7-10H,3-6,11H2,1-2H3,(H,19,23)(H,20,24). The number of carbonyl (C=O) groups is 2. The maximum Gasteiger partial charge on any atom is 0.272 e. The molecule has 0 bridgehead atoms. The van der Waals surface area contributed by atoms with Crippen molar-refractivity contribution in [1.29, 1.82) is 0 Å². The summed E-state index contributed by atoms with van der Waals surface area (Å²) in [6.07, 6.45) is 4.19. The number of hydrogen-bond donors (Lipinski definition) is 2. The van der Waals surface area contributed by atoms with Crippen LogP contribution in [0.1, 0.15) is 50.5 Å². The smallest absolute Gasteiger partial charge is 0.272 e. The third-order valence-electron chi connectivity index (χ3n) is 4.48. The van der Waals surface area contributed by atoms with E-state index >= 15 is 0 Å². The van der Waals surface area contributed by atoms with Crippen LogP contribution in [0.25, 0.3) is 0 Å². The van der Waals surface area contributed by atoms with Gasteiger partial charge < -0.3 is 10.6 Å². The van der Waals surface area contributed by atoms with E-state index < -0.39 is 0 Å². The van der Waals surface area contributed by atoms with Crippen molar-refractivity contribution in [2.75, 3.05) is 7.05 Å². The van der Waals surface area contributed by atoms with Gasteiger partial charge in [-0.15, -0.1) is 0 Å². The Morgan fingerprint density at radius 3 is 2.54 bits per heavy atom. The van der Waals surface area contributed by atoms with Gasteiger partial charge in [0.2, 0.25) is 0 Å². The monoisotopic (exact) mass is 326 g/mol. The molecule has 0 spiro atoms. The summed E-state index contributed by atoms with van der Waals surface area (Å²) in [6.45, 7) is 0.415. The van der Waals surface area contributed by atoms with Crippen LogP contribution in [0.15, 0.2) is 24.3 Å². The Labute approximate surface area is 141 Å². The van der Waals surface area contributed by atoms with Crippen molar-refractivity contribution in [3.05, 3.63) is 52.3 Å². The number of rotatable bonds is 4. The van der Waals surface area contributed by atoms with E-state index in [-0.39, 0.29) is 11.8 Å². The Morgan fingerprint density at radius 1 is 1.12 bits per heavy atom. The van der Waals surface area contributed by atoms with Crippen molar-refractivity contribution in [2.24, 2.45) is 7.05 Å². The summed E-state index contributed by atoms with van der Waals surface area (Å²) in [5.74, 6) is -0.255. The molecule has 2 N–H and O–H groups in total. The molecule has 0 saturated heterocycles. The average Bonchev–Trinajstić information content (AvgIpc) is 2.97. The van der Waals surface area contributed by atoms with Gasteiger partial charge in [0, 0.05) is 37.5 Å². The molecule has 0 radical (unpaired) electrons. The maximum absolute atomic E-state index is 12.5. The second-order valence-corrected chi connectivity index (χ2v) is 6.06. The summed E-state index contributed by atoms with van der Waals surface area (Å²) >= 11 is 0. The number of carbonyl (C=O) groups excluding carboxylic acids is 2. The molecule has 1 aromatic heterocycles. The normalized spacial score (nSPS) is 13.2. The number of amides is 2. The summed E-state index contributed by atoms with van der Waals surface area (Å²) in [6, 6.07) is 7.20. The summed E-state index contributed by atoms with van der Waals surface area (Å²) < 4.78 is 1.83. The van der Waals surface area contributed by atoms with E-state index in [4.69, 9.17) is 0 Å². The third kappa shape index (κ3) is 3.18. The van der Waals surface area contributed by atoms with Gasteiger partial charge in [-0.3, -0.25) is 14.3 Å². The predicted octanol–water partition coefficient (Wildman–Crippen LogP) is 1.59. The largest absolute Gasteiger partial charge is 0.355 e. The lowest BCUT2D eigenvalue weighted by molar-refractivity contribution is 0.0940. The molecular weight excluding hydrogens is 304 g/mol. The van der Waals surface area contributed by atoms with E-state index in [9.17, 15) is 9.59 Å². The maximum atomic E-state index is 12.5. The minimum Gasteiger partial charge on any atom is -0.355 e. The molecule has 6 nitrogen and oxygen atoms in total. The zero-order valence-electron chi connectivity index (χ0n) is 14.1. The highest BCUT2D eigenvalue weighted by Crippen LogP contribution is 2.23. The zero-order chi connectivity index (χ0) is 17.1. The van der Waals surface area contributed by atoms with E-state index in [1.165, 1.54) is 5.69 Å². The number of nitrogens with zero attached hydrogens (tertiary/aromatic N) is 2. The second kappa shape index (κ2) is 6.86.